The molecule has 1 aromatic heterocycles. The van der Waals surface area contributed by atoms with E-state index in [1.807, 2.05) is 36.2 Å². The highest BCUT2D eigenvalue weighted by molar-refractivity contribution is 7.90. The van der Waals surface area contributed by atoms with E-state index in [2.05, 4.69) is 4.98 Å². The Morgan fingerprint density at radius 3 is 2.57 bits per heavy atom. The van der Waals surface area contributed by atoms with Crippen molar-refractivity contribution in [1.82, 2.24) is 4.98 Å². The highest BCUT2D eigenvalue weighted by atomic mass is 32.2. The molecule has 2 rings (SSSR count). The number of hydrogen-bond donors (Lipinski definition) is 1. The summed E-state index contributed by atoms with van der Waals surface area (Å²) in [4.78, 5) is 6.38. The van der Waals surface area contributed by atoms with Gasteiger partial charge in [-0.1, -0.05) is 12.1 Å². The first-order chi connectivity index (χ1) is 9.89. The summed E-state index contributed by atoms with van der Waals surface area (Å²) < 4.78 is 23.4. The third-order valence-corrected chi connectivity index (χ3v) is 4.44. The predicted octanol–water partition coefficient (Wildman–Crippen LogP) is 1.75. The molecule has 112 valence electrons. The minimum atomic E-state index is -3.32. The van der Waals surface area contributed by atoms with E-state index in [9.17, 15) is 8.42 Å². The zero-order valence-electron chi connectivity index (χ0n) is 12.2. The van der Waals surface area contributed by atoms with Crippen molar-refractivity contribution in [3.8, 4) is 0 Å². The molecular formula is C15H19N3O2S. The molecule has 2 N–H and O–H groups in total. The lowest BCUT2D eigenvalue weighted by Crippen LogP contribution is -2.22. The lowest BCUT2D eigenvalue weighted by molar-refractivity contribution is 0.602. The maximum Gasteiger partial charge on any atom is 0.177 e. The van der Waals surface area contributed by atoms with Gasteiger partial charge in [-0.3, -0.25) is 4.98 Å². The van der Waals surface area contributed by atoms with Crippen LogP contribution in [0.2, 0.25) is 0 Å². The molecule has 1 heterocycles. The first-order valence-corrected chi connectivity index (χ1v) is 8.48. The minimum Gasteiger partial charge on any atom is -0.396 e. The van der Waals surface area contributed by atoms with Gasteiger partial charge >= 0.3 is 0 Å². The standard InChI is InChI=1S/C15H19N3O2S/c1-18(11-9-12-6-3-4-10-17-12)13-7-5-8-14(15(13)16)21(2,19)20/h3-8,10H,9,11,16H2,1-2H3. The molecule has 6 heteroatoms. The maximum absolute atomic E-state index is 11.7. The molecule has 0 fully saturated rings. The Balaban J connectivity index is 2.18. The number of nitrogen functional groups attached to an aromatic ring is 1. The molecule has 0 spiro atoms. The monoisotopic (exact) mass is 305 g/mol. The van der Waals surface area contributed by atoms with Crippen molar-refractivity contribution in [2.45, 2.75) is 11.3 Å². The van der Waals surface area contributed by atoms with Gasteiger partial charge in [0.1, 0.15) is 0 Å². The number of aromatic nitrogens is 1. The zero-order valence-corrected chi connectivity index (χ0v) is 13.0. The van der Waals surface area contributed by atoms with Crippen LogP contribution in [0.1, 0.15) is 5.69 Å². The number of benzene rings is 1. The van der Waals surface area contributed by atoms with Gasteiger partial charge in [0.15, 0.2) is 9.84 Å². The summed E-state index contributed by atoms with van der Waals surface area (Å²) in [5.74, 6) is 0. The molecule has 2 aromatic rings. The second kappa shape index (κ2) is 6.13. The van der Waals surface area contributed by atoms with Crippen LogP contribution in [0.3, 0.4) is 0 Å². The van der Waals surface area contributed by atoms with Crippen LogP contribution in [0.15, 0.2) is 47.5 Å². The van der Waals surface area contributed by atoms with Gasteiger partial charge in [0.25, 0.3) is 0 Å². The second-order valence-electron chi connectivity index (χ2n) is 4.95. The molecule has 0 atom stereocenters. The first-order valence-electron chi connectivity index (χ1n) is 6.59. The van der Waals surface area contributed by atoms with E-state index in [0.717, 1.165) is 18.4 Å². The van der Waals surface area contributed by atoms with Gasteiger partial charge in [-0.25, -0.2) is 8.42 Å². The van der Waals surface area contributed by atoms with Crippen LogP contribution >= 0.6 is 0 Å². The van der Waals surface area contributed by atoms with Crippen molar-refractivity contribution in [1.29, 1.82) is 0 Å². The molecule has 0 saturated carbocycles. The average molecular weight is 305 g/mol. The van der Waals surface area contributed by atoms with Crippen LogP contribution < -0.4 is 10.6 Å². The number of rotatable bonds is 5. The Kier molecular flexibility index (Phi) is 4.47. The molecule has 0 aliphatic carbocycles. The van der Waals surface area contributed by atoms with Crippen LogP contribution in [0.4, 0.5) is 11.4 Å². The fraction of sp³-hybridized carbons (Fsp3) is 0.267. The van der Waals surface area contributed by atoms with Crippen LogP contribution in [0.25, 0.3) is 0 Å². The maximum atomic E-state index is 11.7. The highest BCUT2D eigenvalue weighted by Crippen LogP contribution is 2.29. The number of hydrogen-bond acceptors (Lipinski definition) is 5. The smallest absolute Gasteiger partial charge is 0.177 e. The summed E-state index contributed by atoms with van der Waals surface area (Å²) in [7, 11) is -1.43. The molecular weight excluding hydrogens is 286 g/mol. The molecule has 0 aliphatic heterocycles. The number of anilines is 2. The summed E-state index contributed by atoms with van der Waals surface area (Å²) in [6, 6.07) is 10.8. The van der Waals surface area contributed by atoms with Crippen LogP contribution in [-0.2, 0) is 16.3 Å². The largest absolute Gasteiger partial charge is 0.396 e. The fourth-order valence-corrected chi connectivity index (χ4v) is 2.97. The summed E-state index contributed by atoms with van der Waals surface area (Å²) >= 11 is 0. The number of likely N-dealkylation sites (N-methyl/N-ethyl adjacent to an activating group) is 1. The molecule has 0 amide bonds. The van der Waals surface area contributed by atoms with Gasteiger partial charge in [0.05, 0.1) is 16.3 Å². The number of nitrogens with two attached hydrogens (primary N) is 1. The Labute approximate surface area is 125 Å². The van der Waals surface area contributed by atoms with Gasteiger partial charge in [-0.2, -0.15) is 0 Å². The van der Waals surface area contributed by atoms with Gasteiger partial charge in [-0.15, -0.1) is 0 Å². The average Bonchev–Trinajstić information content (AvgIpc) is 2.45. The van der Waals surface area contributed by atoms with Gasteiger partial charge < -0.3 is 10.6 Å². The summed E-state index contributed by atoms with van der Waals surface area (Å²) in [5.41, 5.74) is 8.00. The first kappa shape index (κ1) is 15.3. The van der Waals surface area contributed by atoms with Crippen molar-refractivity contribution >= 4 is 21.2 Å². The summed E-state index contributed by atoms with van der Waals surface area (Å²) in [5, 5.41) is 0. The van der Waals surface area contributed by atoms with Crippen molar-refractivity contribution in [2.75, 3.05) is 30.5 Å². The van der Waals surface area contributed by atoms with E-state index < -0.39 is 9.84 Å². The van der Waals surface area contributed by atoms with E-state index >= 15 is 0 Å². The highest BCUT2D eigenvalue weighted by Gasteiger charge is 2.16. The van der Waals surface area contributed by atoms with Crippen LogP contribution in [-0.4, -0.2) is 33.2 Å². The van der Waals surface area contributed by atoms with Crippen molar-refractivity contribution in [3.63, 3.8) is 0 Å². The molecule has 5 nitrogen and oxygen atoms in total. The Hall–Kier alpha value is -2.08. The lowest BCUT2D eigenvalue weighted by atomic mass is 10.2. The number of pyridine rings is 1. The van der Waals surface area contributed by atoms with Crippen LogP contribution in [0.5, 0.6) is 0 Å². The summed E-state index contributed by atoms with van der Waals surface area (Å²) in [6.45, 7) is 0.703. The van der Waals surface area contributed by atoms with E-state index in [0.29, 0.717) is 17.9 Å². The van der Waals surface area contributed by atoms with Crippen LogP contribution in [0, 0.1) is 0 Å². The van der Waals surface area contributed by atoms with Crippen molar-refractivity contribution in [2.24, 2.45) is 0 Å². The molecule has 1 aromatic carbocycles. The predicted molar refractivity (Wildman–Crippen MR) is 85.2 cm³/mol. The van der Waals surface area contributed by atoms with E-state index in [-0.39, 0.29) is 4.90 Å². The topological polar surface area (TPSA) is 76.3 Å². The van der Waals surface area contributed by atoms with E-state index in [4.69, 9.17) is 5.73 Å². The number of nitrogens with zero attached hydrogens (tertiary/aromatic N) is 2. The normalized spacial score (nSPS) is 11.3. The lowest BCUT2D eigenvalue weighted by Gasteiger charge is -2.22. The minimum absolute atomic E-state index is 0.171. The molecule has 0 unspecified atom stereocenters. The van der Waals surface area contributed by atoms with Crippen molar-refractivity contribution in [3.05, 3.63) is 48.3 Å². The number of sulfone groups is 1. The fourth-order valence-electron chi connectivity index (χ4n) is 2.14. The van der Waals surface area contributed by atoms with Gasteiger partial charge in [0, 0.05) is 38.2 Å². The molecule has 0 radical (unpaired) electrons. The molecule has 21 heavy (non-hydrogen) atoms. The van der Waals surface area contributed by atoms with Gasteiger partial charge in [-0.05, 0) is 24.3 Å². The third-order valence-electron chi connectivity index (χ3n) is 3.28. The molecule has 0 bridgehead atoms. The Morgan fingerprint density at radius 1 is 1.19 bits per heavy atom. The zero-order chi connectivity index (χ0) is 15.5. The third kappa shape index (κ3) is 3.72. The Bertz CT molecular complexity index is 715. The molecule has 0 saturated heterocycles. The van der Waals surface area contributed by atoms with E-state index in [1.54, 1.807) is 12.3 Å². The Morgan fingerprint density at radius 2 is 1.95 bits per heavy atom. The SMILES string of the molecule is CN(CCc1ccccn1)c1cccc(S(C)(=O)=O)c1N. The second-order valence-corrected chi connectivity index (χ2v) is 6.94. The van der Waals surface area contributed by atoms with E-state index in [1.165, 1.54) is 6.07 Å². The molecule has 0 aliphatic rings. The number of para-hydroxylation sites is 1. The van der Waals surface area contributed by atoms with Crippen molar-refractivity contribution < 1.29 is 8.42 Å². The quantitative estimate of drug-likeness (QED) is 0.852. The van der Waals surface area contributed by atoms with Gasteiger partial charge in [0.2, 0.25) is 0 Å². The summed E-state index contributed by atoms with van der Waals surface area (Å²) in [6.07, 6.45) is 3.68.